The molecule has 1 heterocycles. The predicted molar refractivity (Wildman–Crippen MR) is 147 cm³/mol. The fraction of sp³-hybridized carbons (Fsp3) is 0.179. The van der Waals surface area contributed by atoms with Crippen LogP contribution in [0.4, 0.5) is 17.1 Å². The molecule has 3 aromatic rings. The van der Waals surface area contributed by atoms with Crippen LogP contribution in [0.25, 0.3) is 0 Å². The number of benzene rings is 3. The number of methoxy groups -OCH3 is 1. The minimum atomic E-state index is -0.716. The molecule has 0 spiro atoms. The van der Waals surface area contributed by atoms with E-state index in [0.717, 1.165) is 34.6 Å². The van der Waals surface area contributed by atoms with E-state index in [1.54, 1.807) is 36.4 Å². The summed E-state index contributed by atoms with van der Waals surface area (Å²) in [4.78, 5) is 40.2. The van der Waals surface area contributed by atoms with Crippen LogP contribution >= 0.6 is 23.2 Å². The number of nitrogens with zero attached hydrogens (tertiary/aromatic N) is 1. The van der Waals surface area contributed by atoms with E-state index < -0.39 is 11.8 Å². The molecule has 4 rings (SSSR count). The Morgan fingerprint density at radius 1 is 0.919 bits per heavy atom. The van der Waals surface area contributed by atoms with Crippen LogP contribution in [0.5, 0.6) is 5.75 Å². The van der Waals surface area contributed by atoms with Gasteiger partial charge in [-0.3, -0.25) is 14.4 Å². The molecule has 3 amide bonds. The molecule has 3 aromatic carbocycles. The number of aryl methyl sites for hydroxylation is 2. The molecule has 0 bridgehead atoms. The molecule has 1 aliphatic heterocycles. The van der Waals surface area contributed by atoms with Crippen molar-refractivity contribution < 1.29 is 19.1 Å². The van der Waals surface area contributed by atoms with Crippen molar-refractivity contribution in [2.45, 2.75) is 26.7 Å². The highest BCUT2D eigenvalue weighted by molar-refractivity contribution is 6.53. The van der Waals surface area contributed by atoms with E-state index in [0.29, 0.717) is 16.3 Å². The molecule has 0 aliphatic carbocycles. The van der Waals surface area contributed by atoms with Crippen molar-refractivity contribution >= 4 is 58.0 Å². The van der Waals surface area contributed by atoms with E-state index in [1.165, 1.54) is 13.2 Å². The molecule has 9 heteroatoms. The Bertz CT molecular complexity index is 1410. The first-order valence-electron chi connectivity index (χ1n) is 11.7. The van der Waals surface area contributed by atoms with Crippen LogP contribution in [0, 0.1) is 0 Å². The van der Waals surface area contributed by atoms with Crippen LogP contribution in [0.3, 0.4) is 0 Å². The number of halogens is 2. The van der Waals surface area contributed by atoms with Gasteiger partial charge in [-0.2, -0.15) is 0 Å². The fourth-order valence-corrected chi connectivity index (χ4v) is 4.52. The zero-order valence-corrected chi connectivity index (χ0v) is 22.0. The van der Waals surface area contributed by atoms with Gasteiger partial charge >= 0.3 is 0 Å². The van der Waals surface area contributed by atoms with Gasteiger partial charge in [0.05, 0.1) is 12.8 Å². The molecule has 0 saturated heterocycles. The van der Waals surface area contributed by atoms with E-state index in [2.05, 4.69) is 10.6 Å². The average Bonchev–Trinajstić information content (AvgIpc) is 3.11. The standard InChI is InChI=1S/C28H25Cl2N3O4/c1-4-16-8-6-9-17(5-2)24(16)32-26(34)18-10-7-11-20(14-18)31-25-23(30)27(35)33(28(25)36)21-15-19(29)12-13-22(21)37-3/h6-15,31H,4-5H2,1-3H3,(H,32,34). The summed E-state index contributed by atoms with van der Waals surface area (Å²) < 4.78 is 5.29. The molecule has 37 heavy (non-hydrogen) atoms. The fourth-order valence-electron chi connectivity index (χ4n) is 4.14. The van der Waals surface area contributed by atoms with Gasteiger partial charge in [0.2, 0.25) is 0 Å². The second kappa shape index (κ2) is 11.1. The van der Waals surface area contributed by atoms with Crippen molar-refractivity contribution in [1.29, 1.82) is 0 Å². The summed E-state index contributed by atoms with van der Waals surface area (Å²) in [7, 11) is 1.42. The zero-order chi connectivity index (χ0) is 26.7. The monoisotopic (exact) mass is 537 g/mol. The Balaban J connectivity index is 1.59. The number of anilines is 3. The highest BCUT2D eigenvalue weighted by Gasteiger charge is 2.40. The molecule has 0 atom stereocenters. The number of hydrogen-bond acceptors (Lipinski definition) is 5. The Kier molecular flexibility index (Phi) is 7.86. The maximum atomic E-state index is 13.2. The molecule has 0 aromatic heterocycles. The largest absolute Gasteiger partial charge is 0.495 e. The summed E-state index contributed by atoms with van der Waals surface area (Å²) >= 11 is 12.4. The van der Waals surface area contributed by atoms with Crippen LogP contribution in [-0.2, 0) is 22.4 Å². The molecule has 190 valence electrons. The number of ether oxygens (including phenoxy) is 1. The summed E-state index contributed by atoms with van der Waals surface area (Å²) in [5.74, 6) is -1.39. The smallest absolute Gasteiger partial charge is 0.283 e. The minimum Gasteiger partial charge on any atom is -0.495 e. The SMILES string of the molecule is CCc1cccc(CC)c1NC(=O)c1cccc(NC2=C(Cl)C(=O)N(c3cc(Cl)ccc3OC)C2=O)c1. The number of imide groups is 1. The molecule has 0 fully saturated rings. The van der Waals surface area contributed by atoms with E-state index in [9.17, 15) is 14.4 Å². The number of para-hydroxylation sites is 1. The maximum absolute atomic E-state index is 13.2. The van der Waals surface area contributed by atoms with Gasteiger partial charge in [0.15, 0.2) is 0 Å². The third-order valence-corrected chi connectivity index (χ3v) is 6.63. The van der Waals surface area contributed by atoms with Crippen molar-refractivity contribution in [3.8, 4) is 5.75 Å². The van der Waals surface area contributed by atoms with Gasteiger partial charge in [-0.25, -0.2) is 4.90 Å². The summed E-state index contributed by atoms with van der Waals surface area (Å²) in [6, 6.07) is 17.2. The molecular formula is C28H25Cl2N3O4. The molecule has 1 aliphatic rings. The van der Waals surface area contributed by atoms with Crippen molar-refractivity contribution in [3.63, 3.8) is 0 Å². The van der Waals surface area contributed by atoms with Crippen molar-refractivity contribution in [1.82, 2.24) is 0 Å². The quantitative estimate of drug-likeness (QED) is 0.336. The summed E-state index contributed by atoms with van der Waals surface area (Å²) in [5.41, 5.74) is 3.76. The highest BCUT2D eigenvalue weighted by Crippen LogP contribution is 2.37. The van der Waals surface area contributed by atoms with Gasteiger partial charge in [-0.05, 0) is 60.4 Å². The minimum absolute atomic E-state index is 0.115. The average molecular weight is 538 g/mol. The molecule has 7 nitrogen and oxygen atoms in total. The first-order valence-corrected chi connectivity index (χ1v) is 12.5. The second-order valence-corrected chi connectivity index (χ2v) is 9.08. The summed E-state index contributed by atoms with van der Waals surface area (Å²) in [6.07, 6.45) is 1.56. The van der Waals surface area contributed by atoms with Crippen LogP contribution in [0.1, 0.15) is 35.3 Å². The van der Waals surface area contributed by atoms with Crippen LogP contribution in [0.2, 0.25) is 5.02 Å². The van der Waals surface area contributed by atoms with Crippen LogP contribution in [0.15, 0.2) is 71.4 Å². The van der Waals surface area contributed by atoms with Crippen molar-refractivity contribution in [2.75, 3.05) is 22.6 Å². The topological polar surface area (TPSA) is 87.7 Å². The highest BCUT2D eigenvalue weighted by atomic mass is 35.5. The van der Waals surface area contributed by atoms with Gasteiger partial charge < -0.3 is 15.4 Å². The number of carbonyl (C=O) groups excluding carboxylic acids is 3. The predicted octanol–water partition coefficient (Wildman–Crippen LogP) is 6.16. The lowest BCUT2D eigenvalue weighted by Gasteiger charge is -2.18. The van der Waals surface area contributed by atoms with E-state index in [4.69, 9.17) is 27.9 Å². The number of hydrogen-bond donors (Lipinski definition) is 2. The Labute approximate surface area is 225 Å². The number of nitrogens with one attached hydrogen (secondary N) is 2. The van der Waals surface area contributed by atoms with E-state index in [1.807, 2.05) is 32.0 Å². The van der Waals surface area contributed by atoms with Gasteiger partial charge in [0.25, 0.3) is 17.7 Å². The maximum Gasteiger partial charge on any atom is 0.283 e. The lowest BCUT2D eigenvalue weighted by atomic mass is 10.0. The zero-order valence-electron chi connectivity index (χ0n) is 20.5. The van der Waals surface area contributed by atoms with Gasteiger partial charge in [-0.15, -0.1) is 0 Å². The lowest BCUT2D eigenvalue weighted by Crippen LogP contribution is -2.32. The summed E-state index contributed by atoms with van der Waals surface area (Å²) in [5, 5.41) is 5.97. The third kappa shape index (κ3) is 5.19. The Hall–Kier alpha value is -3.81. The Morgan fingerprint density at radius 2 is 1.59 bits per heavy atom. The van der Waals surface area contributed by atoms with Gasteiger partial charge in [0, 0.05) is 22.0 Å². The molecule has 2 N–H and O–H groups in total. The van der Waals surface area contributed by atoms with Crippen molar-refractivity contribution in [2.24, 2.45) is 0 Å². The normalized spacial score (nSPS) is 13.3. The van der Waals surface area contributed by atoms with E-state index in [-0.39, 0.29) is 28.1 Å². The number of carbonyl (C=O) groups is 3. The molecular weight excluding hydrogens is 513 g/mol. The Morgan fingerprint density at radius 3 is 2.24 bits per heavy atom. The molecule has 0 unspecified atom stereocenters. The summed E-state index contributed by atoms with van der Waals surface area (Å²) in [6.45, 7) is 4.07. The third-order valence-electron chi connectivity index (χ3n) is 6.04. The van der Waals surface area contributed by atoms with E-state index >= 15 is 0 Å². The number of rotatable bonds is 8. The number of amides is 3. The lowest BCUT2D eigenvalue weighted by molar-refractivity contribution is -0.120. The van der Waals surface area contributed by atoms with Gasteiger partial charge in [0.1, 0.15) is 16.5 Å². The second-order valence-electron chi connectivity index (χ2n) is 8.27. The van der Waals surface area contributed by atoms with Crippen molar-refractivity contribution in [3.05, 3.63) is 93.1 Å². The molecule has 0 saturated carbocycles. The van der Waals surface area contributed by atoms with Gasteiger partial charge in [-0.1, -0.05) is 61.3 Å². The molecule has 0 radical (unpaired) electrons. The van der Waals surface area contributed by atoms with Crippen LogP contribution in [-0.4, -0.2) is 24.8 Å². The van der Waals surface area contributed by atoms with Crippen LogP contribution < -0.4 is 20.3 Å². The first-order chi connectivity index (χ1) is 17.8. The first kappa shape index (κ1) is 26.3.